The van der Waals surface area contributed by atoms with E-state index in [1.54, 1.807) is 6.26 Å². The summed E-state index contributed by atoms with van der Waals surface area (Å²) in [5.74, 6) is -9.83. The first-order valence-corrected chi connectivity index (χ1v) is 21.1. The maximum absolute atomic E-state index is 13.7. The van der Waals surface area contributed by atoms with E-state index in [-0.39, 0.29) is 32.4 Å². The highest BCUT2D eigenvalue weighted by molar-refractivity contribution is 7.98. The van der Waals surface area contributed by atoms with Gasteiger partial charge in [-0.2, -0.15) is 11.8 Å². The van der Waals surface area contributed by atoms with Crippen LogP contribution in [-0.4, -0.2) is 176 Å². The molecule has 0 radical (unpaired) electrons. The van der Waals surface area contributed by atoms with E-state index in [0.717, 1.165) is 4.90 Å². The number of rotatable bonds is 26. The number of amides is 7. The van der Waals surface area contributed by atoms with Crippen LogP contribution in [0.4, 0.5) is 0 Å². The largest absolute Gasteiger partial charge is 0.481 e. The maximum atomic E-state index is 13.7. The molecule has 338 valence electrons. The molecule has 8 atom stereocenters. The molecule has 2 rings (SSSR count). The van der Waals surface area contributed by atoms with E-state index in [2.05, 4.69) is 26.6 Å². The zero-order chi connectivity index (χ0) is 45.1. The van der Waals surface area contributed by atoms with Gasteiger partial charge in [-0.1, -0.05) is 6.42 Å². The second-order valence-corrected chi connectivity index (χ2v) is 15.6. The van der Waals surface area contributed by atoms with Crippen molar-refractivity contribution in [3.05, 3.63) is 0 Å². The Kier molecular flexibility index (Phi) is 21.7. The number of carboxylic acid groups (broad SMARTS) is 3. The molecule has 24 heteroatoms. The summed E-state index contributed by atoms with van der Waals surface area (Å²) >= 11 is 1.38. The van der Waals surface area contributed by atoms with E-state index >= 15 is 0 Å². The fourth-order valence-corrected chi connectivity index (χ4v) is 7.20. The van der Waals surface area contributed by atoms with Crippen LogP contribution in [0, 0.1) is 0 Å². The van der Waals surface area contributed by atoms with Gasteiger partial charge >= 0.3 is 17.9 Å². The highest BCUT2D eigenvalue weighted by Gasteiger charge is 2.41. The molecule has 7 amide bonds. The first kappa shape index (κ1) is 51.1. The molecule has 0 spiro atoms. The molecule has 2 heterocycles. The van der Waals surface area contributed by atoms with Gasteiger partial charge in [0.1, 0.15) is 42.3 Å². The van der Waals surface area contributed by atoms with Gasteiger partial charge in [0, 0.05) is 19.5 Å². The number of carbonyl (C=O) groups excluding carboxylic acids is 7. The molecule has 60 heavy (non-hydrogen) atoms. The number of aliphatic hydroxyl groups excluding tert-OH is 1. The molecule has 0 bridgehead atoms. The van der Waals surface area contributed by atoms with Crippen molar-refractivity contribution in [3.8, 4) is 0 Å². The number of aliphatic hydroxyl groups is 1. The van der Waals surface area contributed by atoms with E-state index in [9.17, 15) is 68.4 Å². The van der Waals surface area contributed by atoms with Crippen molar-refractivity contribution in [2.24, 2.45) is 11.5 Å². The van der Waals surface area contributed by atoms with Crippen LogP contribution in [-0.2, 0) is 47.9 Å². The Bertz CT molecular complexity index is 1570. The standard InChI is InChI=1S/C36H59N9O14S/c1-19(29(51)40-21(10-11-27(47)48)35(57)45-15-6-9-26(45)32(54)41-22(36(58)59)12-16-60-2)39-31(53)24(18-46)43-30(52)23(17-28(49)50)42-33(55)25-8-5-14-44(25)34(56)20(38)7-3-4-13-37/h19-26,46H,3-18,37-38H2,1-2H3,(H,39,53)(H,40,51)(H,41,54)(H,42,55)(H,43,52)(H,47,48)(H,49,50)(H,58,59)/t19-,20-,21-,22-,23-,24-,25-,26-/m0/s1. The zero-order valence-corrected chi connectivity index (χ0v) is 34.6. The number of unbranched alkanes of at least 4 members (excludes halogenated alkanes) is 1. The number of hydrogen-bond acceptors (Lipinski definition) is 14. The fourth-order valence-electron chi connectivity index (χ4n) is 6.73. The van der Waals surface area contributed by atoms with Gasteiger partial charge in [-0.25, -0.2) is 4.79 Å². The molecule has 0 aromatic rings. The third-order valence-corrected chi connectivity index (χ3v) is 10.7. The van der Waals surface area contributed by atoms with Gasteiger partial charge in [-0.05, 0) is 76.8 Å². The fraction of sp³-hybridized carbons (Fsp3) is 0.722. The lowest BCUT2D eigenvalue weighted by Crippen LogP contribution is -2.60. The first-order chi connectivity index (χ1) is 28.4. The van der Waals surface area contributed by atoms with Gasteiger partial charge < -0.3 is 68.3 Å². The summed E-state index contributed by atoms with van der Waals surface area (Å²) in [5.41, 5.74) is 11.5. The van der Waals surface area contributed by atoms with Crippen LogP contribution in [0.15, 0.2) is 0 Å². The van der Waals surface area contributed by atoms with Crippen molar-refractivity contribution in [1.29, 1.82) is 0 Å². The number of nitrogens with zero attached hydrogens (tertiary/aromatic N) is 2. The van der Waals surface area contributed by atoms with Crippen molar-refractivity contribution in [2.45, 2.75) is 126 Å². The Morgan fingerprint density at radius 2 is 1.23 bits per heavy atom. The average molecular weight is 874 g/mol. The number of carbonyl (C=O) groups is 10. The first-order valence-electron chi connectivity index (χ1n) is 19.7. The third kappa shape index (κ3) is 15.8. The van der Waals surface area contributed by atoms with Crippen molar-refractivity contribution in [3.63, 3.8) is 0 Å². The molecule has 0 aliphatic carbocycles. The van der Waals surface area contributed by atoms with Crippen LogP contribution in [0.1, 0.15) is 77.6 Å². The molecular formula is C36H59N9O14S. The minimum atomic E-state index is -1.78. The van der Waals surface area contributed by atoms with Gasteiger partial charge in [0.15, 0.2) is 0 Å². The van der Waals surface area contributed by atoms with Crippen molar-refractivity contribution in [1.82, 2.24) is 36.4 Å². The van der Waals surface area contributed by atoms with Gasteiger partial charge in [-0.3, -0.25) is 43.2 Å². The molecule has 2 fully saturated rings. The molecule has 2 saturated heterocycles. The highest BCUT2D eigenvalue weighted by Crippen LogP contribution is 2.21. The van der Waals surface area contributed by atoms with Crippen LogP contribution in [0.2, 0.25) is 0 Å². The number of hydrogen-bond donors (Lipinski definition) is 11. The quantitative estimate of drug-likeness (QED) is 0.0369. The molecule has 13 N–H and O–H groups in total. The van der Waals surface area contributed by atoms with Crippen LogP contribution in [0.3, 0.4) is 0 Å². The Labute approximate surface area is 350 Å². The van der Waals surface area contributed by atoms with E-state index < -0.39 is 133 Å². The lowest BCUT2D eigenvalue weighted by Gasteiger charge is -2.30. The number of aliphatic carboxylic acids is 3. The Morgan fingerprint density at radius 1 is 0.683 bits per heavy atom. The van der Waals surface area contributed by atoms with Crippen molar-refractivity contribution >= 4 is 71.0 Å². The van der Waals surface area contributed by atoms with Crippen molar-refractivity contribution in [2.75, 3.05) is 38.2 Å². The van der Waals surface area contributed by atoms with Gasteiger partial charge in [0.25, 0.3) is 0 Å². The van der Waals surface area contributed by atoms with Crippen LogP contribution < -0.4 is 38.1 Å². The SMILES string of the molecule is CSCC[C@H](NC(=O)[C@@H]1CCCN1C(=O)[C@H](CCC(=O)O)NC(=O)[C@H](C)NC(=O)[C@H](CO)NC(=O)[C@H](CC(=O)O)NC(=O)[C@@H]1CCCN1C(=O)[C@@H](N)CCCCN)C(=O)O. The number of carboxylic acids is 3. The maximum Gasteiger partial charge on any atom is 0.326 e. The summed E-state index contributed by atoms with van der Waals surface area (Å²) in [5, 5.41) is 49.8. The molecule has 0 unspecified atom stereocenters. The van der Waals surface area contributed by atoms with E-state index in [0.29, 0.717) is 44.4 Å². The molecule has 2 aliphatic rings. The number of thioether (sulfide) groups is 1. The Hall–Kier alpha value is -5.07. The summed E-state index contributed by atoms with van der Waals surface area (Å²) in [6, 6.07) is -10.8. The molecule has 2 aliphatic heterocycles. The second-order valence-electron chi connectivity index (χ2n) is 14.6. The Balaban J connectivity index is 2.12. The topological polar surface area (TPSA) is 370 Å². The van der Waals surface area contributed by atoms with Gasteiger partial charge in [-0.15, -0.1) is 0 Å². The number of nitrogens with one attached hydrogen (secondary N) is 5. The van der Waals surface area contributed by atoms with Crippen LogP contribution in [0.5, 0.6) is 0 Å². The molecule has 0 saturated carbocycles. The van der Waals surface area contributed by atoms with E-state index in [1.807, 2.05) is 0 Å². The minimum Gasteiger partial charge on any atom is -0.481 e. The normalized spacial score (nSPS) is 19.1. The second kappa shape index (κ2) is 25.5. The molecule has 0 aromatic heterocycles. The highest BCUT2D eigenvalue weighted by atomic mass is 32.2. The number of likely N-dealkylation sites (tertiary alicyclic amines) is 2. The summed E-state index contributed by atoms with van der Waals surface area (Å²) < 4.78 is 0. The van der Waals surface area contributed by atoms with Crippen molar-refractivity contribution < 1.29 is 68.4 Å². The zero-order valence-electron chi connectivity index (χ0n) is 33.8. The van der Waals surface area contributed by atoms with Gasteiger partial charge in [0.2, 0.25) is 41.4 Å². The Morgan fingerprint density at radius 3 is 1.75 bits per heavy atom. The lowest BCUT2D eigenvalue weighted by molar-refractivity contribution is -0.145. The smallest absolute Gasteiger partial charge is 0.326 e. The summed E-state index contributed by atoms with van der Waals surface area (Å²) in [4.78, 5) is 130. The lowest BCUT2D eigenvalue weighted by atomic mass is 10.1. The third-order valence-electron chi connectivity index (χ3n) is 10.0. The monoisotopic (exact) mass is 873 g/mol. The number of nitrogens with two attached hydrogens (primary N) is 2. The van der Waals surface area contributed by atoms with Crippen LogP contribution >= 0.6 is 11.8 Å². The predicted molar refractivity (Wildman–Crippen MR) is 213 cm³/mol. The van der Waals surface area contributed by atoms with E-state index in [4.69, 9.17) is 11.5 Å². The summed E-state index contributed by atoms with van der Waals surface area (Å²) in [6.45, 7) is 0.796. The average Bonchev–Trinajstić information content (AvgIpc) is 3.90. The molecule has 23 nitrogen and oxygen atoms in total. The molecular weight excluding hydrogens is 815 g/mol. The predicted octanol–water partition coefficient (Wildman–Crippen LogP) is -3.96. The molecule has 0 aromatic carbocycles. The summed E-state index contributed by atoms with van der Waals surface area (Å²) in [7, 11) is 0. The van der Waals surface area contributed by atoms with Gasteiger partial charge in [0.05, 0.1) is 19.1 Å². The summed E-state index contributed by atoms with van der Waals surface area (Å²) in [6.07, 6.45) is 2.68. The minimum absolute atomic E-state index is 0.0488. The van der Waals surface area contributed by atoms with E-state index in [1.165, 1.54) is 23.6 Å². The van der Waals surface area contributed by atoms with Crippen LogP contribution in [0.25, 0.3) is 0 Å².